The molecule has 2 fully saturated rings. The van der Waals surface area contributed by atoms with Crippen LogP contribution in [0.1, 0.15) is 29.0 Å². The minimum Gasteiger partial charge on any atom is -0.469 e. The van der Waals surface area contributed by atoms with Gasteiger partial charge in [0.1, 0.15) is 5.76 Å². The second kappa shape index (κ2) is 7.15. The van der Waals surface area contributed by atoms with Gasteiger partial charge >= 0.3 is 0 Å². The molecule has 3 heterocycles. The summed E-state index contributed by atoms with van der Waals surface area (Å²) in [6.45, 7) is 5.14. The third kappa shape index (κ3) is 3.28. The molecule has 1 unspecified atom stereocenters. The minimum atomic E-state index is 0. The second-order valence-corrected chi connectivity index (χ2v) is 5.70. The Bertz CT molecular complexity index is 546. The number of halogens is 1. The molecule has 2 amide bonds. The molecule has 6 nitrogen and oxygen atoms in total. The summed E-state index contributed by atoms with van der Waals surface area (Å²) in [7, 11) is 0. The van der Waals surface area contributed by atoms with E-state index in [-0.39, 0.29) is 30.3 Å². The Hall–Kier alpha value is -1.53. The fraction of sp³-hybridized carbons (Fsp3) is 0.600. The van der Waals surface area contributed by atoms with E-state index in [1.807, 2.05) is 9.80 Å². The summed E-state index contributed by atoms with van der Waals surface area (Å²) < 4.78 is 5.22. The first-order chi connectivity index (χ1) is 10.2. The zero-order valence-corrected chi connectivity index (χ0v) is 13.5. The summed E-state index contributed by atoms with van der Waals surface area (Å²) in [5, 5.41) is 3.08. The van der Waals surface area contributed by atoms with E-state index in [4.69, 9.17) is 4.42 Å². The predicted octanol–water partition coefficient (Wildman–Crippen LogP) is 1.05. The third-order valence-electron chi connectivity index (χ3n) is 4.34. The maximum absolute atomic E-state index is 12.5. The monoisotopic (exact) mass is 327 g/mol. The van der Waals surface area contributed by atoms with E-state index in [1.54, 1.807) is 19.3 Å². The van der Waals surface area contributed by atoms with E-state index < -0.39 is 0 Å². The molecule has 1 aromatic rings. The average Bonchev–Trinajstić information content (AvgIpc) is 2.93. The Morgan fingerprint density at radius 3 is 2.91 bits per heavy atom. The van der Waals surface area contributed by atoms with Gasteiger partial charge in [-0.2, -0.15) is 0 Å². The Morgan fingerprint density at radius 2 is 2.23 bits per heavy atom. The summed E-state index contributed by atoms with van der Waals surface area (Å²) in [5.74, 6) is 0.800. The maximum Gasteiger partial charge on any atom is 0.257 e. The van der Waals surface area contributed by atoms with Gasteiger partial charge in [0, 0.05) is 32.2 Å². The van der Waals surface area contributed by atoms with Crippen LogP contribution in [-0.2, 0) is 4.79 Å². The van der Waals surface area contributed by atoms with Gasteiger partial charge in [-0.1, -0.05) is 0 Å². The molecule has 122 valence electrons. The van der Waals surface area contributed by atoms with Crippen molar-refractivity contribution in [2.75, 3.05) is 32.7 Å². The highest BCUT2D eigenvalue weighted by molar-refractivity contribution is 5.95. The van der Waals surface area contributed by atoms with Crippen molar-refractivity contribution in [3.63, 3.8) is 0 Å². The van der Waals surface area contributed by atoms with Crippen LogP contribution in [0.3, 0.4) is 0 Å². The Balaban J connectivity index is 0.00000176. The second-order valence-electron chi connectivity index (χ2n) is 5.70. The number of carbonyl (C=O) groups is 2. The van der Waals surface area contributed by atoms with Crippen LogP contribution in [0.15, 0.2) is 16.7 Å². The van der Waals surface area contributed by atoms with Crippen molar-refractivity contribution < 1.29 is 14.0 Å². The van der Waals surface area contributed by atoms with E-state index in [2.05, 4.69) is 5.32 Å². The van der Waals surface area contributed by atoms with Gasteiger partial charge in [0.05, 0.1) is 18.4 Å². The number of nitrogens with one attached hydrogen (secondary N) is 1. The lowest BCUT2D eigenvalue weighted by molar-refractivity contribution is -0.135. The Labute approximate surface area is 136 Å². The first kappa shape index (κ1) is 16.8. The molecule has 7 heteroatoms. The number of hydrogen-bond acceptors (Lipinski definition) is 4. The zero-order chi connectivity index (χ0) is 14.8. The lowest BCUT2D eigenvalue weighted by atomic mass is 10.0. The quantitative estimate of drug-likeness (QED) is 0.881. The molecule has 2 saturated heterocycles. The Morgan fingerprint density at radius 1 is 1.41 bits per heavy atom. The molecular formula is C15H22ClN3O3. The van der Waals surface area contributed by atoms with Crippen LogP contribution in [0.4, 0.5) is 0 Å². The predicted molar refractivity (Wildman–Crippen MR) is 84.2 cm³/mol. The molecule has 1 N–H and O–H groups in total. The number of hydrogen-bond donors (Lipinski definition) is 1. The SMILES string of the molecule is Cc1occc1C(=O)N1CCCC(N2CCNCC2=O)C1.Cl. The first-order valence-corrected chi connectivity index (χ1v) is 7.50. The van der Waals surface area contributed by atoms with Gasteiger partial charge < -0.3 is 19.5 Å². The summed E-state index contributed by atoms with van der Waals surface area (Å²) in [4.78, 5) is 28.3. The molecule has 1 aromatic heterocycles. The van der Waals surface area contributed by atoms with Gasteiger partial charge in [0.2, 0.25) is 5.91 Å². The molecule has 1 atom stereocenters. The number of carbonyl (C=O) groups excluding carboxylic acids is 2. The molecule has 3 rings (SSSR count). The van der Waals surface area contributed by atoms with Crippen LogP contribution >= 0.6 is 12.4 Å². The highest BCUT2D eigenvalue weighted by Gasteiger charge is 2.32. The van der Waals surface area contributed by atoms with Crippen molar-refractivity contribution in [3.05, 3.63) is 23.7 Å². The van der Waals surface area contributed by atoms with Crippen molar-refractivity contribution in [1.29, 1.82) is 0 Å². The van der Waals surface area contributed by atoms with Crippen molar-refractivity contribution >= 4 is 24.2 Å². The molecular weight excluding hydrogens is 306 g/mol. The molecule has 2 aliphatic rings. The highest BCUT2D eigenvalue weighted by atomic mass is 35.5. The van der Waals surface area contributed by atoms with Crippen LogP contribution in [0.25, 0.3) is 0 Å². The summed E-state index contributed by atoms with van der Waals surface area (Å²) in [5.41, 5.74) is 0.627. The van der Waals surface area contributed by atoms with Gasteiger partial charge in [-0.15, -0.1) is 12.4 Å². The van der Waals surface area contributed by atoms with E-state index >= 15 is 0 Å². The van der Waals surface area contributed by atoms with Gasteiger partial charge in [0.15, 0.2) is 0 Å². The van der Waals surface area contributed by atoms with Crippen molar-refractivity contribution in [3.8, 4) is 0 Å². The topological polar surface area (TPSA) is 65.8 Å². The number of likely N-dealkylation sites (tertiary alicyclic amines) is 1. The van der Waals surface area contributed by atoms with Crippen LogP contribution in [0.5, 0.6) is 0 Å². The number of nitrogens with zero attached hydrogens (tertiary/aromatic N) is 2. The molecule has 0 aliphatic carbocycles. The standard InChI is InChI=1S/C15H21N3O3.ClH/c1-11-13(4-8-21-11)15(20)17-6-2-3-12(10-17)18-7-5-16-9-14(18)19;/h4,8,12,16H,2-3,5-7,9-10H2,1H3;1H. The van der Waals surface area contributed by atoms with Crippen LogP contribution in [0, 0.1) is 6.92 Å². The summed E-state index contributed by atoms with van der Waals surface area (Å²) in [6, 6.07) is 1.86. The number of furan rings is 1. The van der Waals surface area contributed by atoms with Crippen LogP contribution in [0.2, 0.25) is 0 Å². The fourth-order valence-corrected chi connectivity index (χ4v) is 3.18. The molecule has 0 aromatic carbocycles. The number of aryl methyl sites for hydroxylation is 1. The first-order valence-electron chi connectivity index (χ1n) is 7.50. The average molecular weight is 328 g/mol. The molecule has 0 bridgehead atoms. The van der Waals surface area contributed by atoms with Crippen molar-refractivity contribution in [1.82, 2.24) is 15.1 Å². The van der Waals surface area contributed by atoms with Gasteiger partial charge in [-0.05, 0) is 25.8 Å². The third-order valence-corrected chi connectivity index (χ3v) is 4.34. The number of rotatable bonds is 2. The zero-order valence-electron chi connectivity index (χ0n) is 12.7. The number of piperidine rings is 1. The smallest absolute Gasteiger partial charge is 0.257 e. The normalized spacial score (nSPS) is 22.4. The van der Waals surface area contributed by atoms with Crippen molar-refractivity contribution in [2.24, 2.45) is 0 Å². The van der Waals surface area contributed by atoms with Gasteiger partial charge in [-0.3, -0.25) is 9.59 Å². The molecule has 2 aliphatic heterocycles. The van der Waals surface area contributed by atoms with Gasteiger partial charge in [0.25, 0.3) is 5.91 Å². The van der Waals surface area contributed by atoms with Crippen LogP contribution < -0.4 is 5.32 Å². The number of piperazine rings is 1. The maximum atomic E-state index is 12.5. The van der Waals surface area contributed by atoms with E-state index in [0.29, 0.717) is 24.4 Å². The summed E-state index contributed by atoms with van der Waals surface area (Å²) in [6.07, 6.45) is 3.45. The van der Waals surface area contributed by atoms with E-state index in [0.717, 1.165) is 32.5 Å². The van der Waals surface area contributed by atoms with Crippen molar-refractivity contribution in [2.45, 2.75) is 25.8 Å². The lowest BCUT2D eigenvalue weighted by Gasteiger charge is -2.41. The fourth-order valence-electron chi connectivity index (χ4n) is 3.18. The number of amides is 2. The lowest BCUT2D eigenvalue weighted by Crippen LogP contribution is -2.57. The summed E-state index contributed by atoms with van der Waals surface area (Å²) >= 11 is 0. The largest absolute Gasteiger partial charge is 0.469 e. The minimum absolute atomic E-state index is 0. The molecule has 0 saturated carbocycles. The van der Waals surface area contributed by atoms with E-state index in [9.17, 15) is 9.59 Å². The Kier molecular flexibility index (Phi) is 5.47. The van der Waals surface area contributed by atoms with Crippen LogP contribution in [-0.4, -0.2) is 60.4 Å². The molecule has 0 spiro atoms. The highest BCUT2D eigenvalue weighted by Crippen LogP contribution is 2.20. The van der Waals surface area contributed by atoms with E-state index in [1.165, 1.54) is 0 Å². The molecule has 0 radical (unpaired) electrons. The van der Waals surface area contributed by atoms with Gasteiger partial charge in [-0.25, -0.2) is 0 Å². The molecule has 22 heavy (non-hydrogen) atoms.